The number of nitrogens with zero attached hydrogens (tertiary/aromatic N) is 2. The predicted molar refractivity (Wildman–Crippen MR) is 109 cm³/mol. The molecule has 0 aliphatic heterocycles. The molecule has 0 saturated carbocycles. The maximum Gasteiger partial charge on any atom is 0.191 e. The molecule has 0 aromatic heterocycles. The van der Waals surface area contributed by atoms with Crippen molar-refractivity contribution in [3.8, 4) is 5.75 Å². The van der Waals surface area contributed by atoms with Crippen LogP contribution >= 0.6 is 0 Å². The molecule has 0 aliphatic carbocycles. The number of rotatable bonds is 8. The number of ether oxygens (including phenoxy) is 1. The highest BCUT2D eigenvalue weighted by molar-refractivity contribution is 5.79. The molecule has 0 amide bonds. The van der Waals surface area contributed by atoms with E-state index in [4.69, 9.17) is 4.74 Å². The lowest BCUT2D eigenvalue weighted by Crippen LogP contribution is -2.41. The zero-order valence-corrected chi connectivity index (χ0v) is 16.5. The third kappa shape index (κ3) is 6.25. The quantitative estimate of drug-likeness (QED) is 0.552. The maximum atomic E-state index is 13.2. The Balaban J connectivity index is 2.08. The van der Waals surface area contributed by atoms with Crippen LogP contribution in [-0.4, -0.2) is 45.2 Å². The Morgan fingerprint density at radius 3 is 2.44 bits per heavy atom. The second-order valence-corrected chi connectivity index (χ2v) is 6.42. The molecular formula is C21H29FN4O. The van der Waals surface area contributed by atoms with E-state index in [1.807, 2.05) is 57.4 Å². The van der Waals surface area contributed by atoms with Crippen LogP contribution in [0, 0.1) is 5.82 Å². The Morgan fingerprint density at radius 2 is 1.81 bits per heavy atom. The summed E-state index contributed by atoms with van der Waals surface area (Å²) in [4.78, 5) is 6.77. The fraction of sp³-hybridized carbons (Fsp3) is 0.381. The number of likely N-dealkylation sites (N-methyl/N-ethyl adjacent to an activating group) is 1. The number of methoxy groups -OCH3 is 1. The second kappa shape index (κ2) is 10.5. The van der Waals surface area contributed by atoms with Gasteiger partial charge in [0.15, 0.2) is 5.96 Å². The van der Waals surface area contributed by atoms with E-state index in [1.54, 1.807) is 7.11 Å². The molecule has 0 radical (unpaired) electrons. The first-order chi connectivity index (χ1) is 13.0. The van der Waals surface area contributed by atoms with Gasteiger partial charge < -0.3 is 20.3 Å². The Labute approximate surface area is 161 Å². The molecule has 0 heterocycles. The largest absolute Gasteiger partial charge is 0.496 e. The van der Waals surface area contributed by atoms with Crippen LogP contribution in [0.4, 0.5) is 4.39 Å². The molecule has 2 N–H and O–H groups in total. The van der Waals surface area contributed by atoms with Gasteiger partial charge in [-0.2, -0.15) is 0 Å². The summed E-state index contributed by atoms with van der Waals surface area (Å²) in [6, 6.07) is 14.6. The molecule has 2 aromatic carbocycles. The molecule has 0 spiro atoms. The number of halogens is 1. The van der Waals surface area contributed by atoms with Gasteiger partial charge in [0.1, 0.15) is 11.6 Å². The van der Waals surface area contributed by atoms with Crippen LogP contribution in [0.5, 0.6) is 5.75 Å². The molecular weight excluding hydrogens is 343 g/mol. The van der Waals surface area contributed by atoms with Crippen molar-refractivity contribution in [3.63, 3.8) is 0 Å². The van der Waals surface area contributed by atoms with Gasteiger partial charge in [-0.15, -0.1) is 0 Å². The molecule has 146 valence electrons. The standard InChI is InChI=1S/C21H29FN4O/c1-5-23-21(24-14-17-8-6-7-9-20(17)27-4)25-15-19(26(2)3)16-10-12-18(22)13-11-16/h6-13,19H,5,14-15H2,1-4H3,(H2,23,24,25). The summed E-state index contributed by atoms with van der Waals surface area (Å²) < 4.78 is 18.6. The average Bonchev–Trinajstić information content (AvgIpc) is 2.67. The van der Waals surface area contributed by atoms with Crippen LogP contribution in [-0.2, 0) is 6.54 Å². The highest BCUT2D eigenvalue weighted by Crippen LogP contribution is 2.19. The Kier molecular flexibility index (Phi) is 8.07. The van der Waals surface area contributed by atoms with E-state index in [2.05, 4.69) is 20.5 Å². The number of benzene rings is 2. The zero-order chi connectivity index (χ0) is 19.6. The van der Waals surface area contributed by atoms with Crippen molar-refractivity contribution in [2.45, 2.75) is 19.5 Å². The normalized spacial score (nSPS) is 12.7. The van der Waals surface area contributed by atoms with Crippen LogP contribution in [0.25, 0.3) is 0 Å². The lowest BCUT2D eigenvalue weighted by Gasteiger charge is -2.26. The van der Waals surface area contributed by atoms with Crippen LogP contribution in [0.2, 0.25) is 0 Å². The third-order valence-electron chi connectivity index (χ3n) is 4.29. The minimum Gasteiger partial charge on any atom is -0.496 e. The number of guanidine groups is 1. The van der Waals surface area contributed by atoms with Gasteiger partial charge in [-0.1, -0.05) is 30.3 Å². The maximum absolute atomic E-state index is 13.2. The number of nitrogens with one attached hydrogen (secondary N) is 2. The minimum atomic E-state index is -0.226. The van der Waals surface area contributed by atoms with Crippen molar-refractivity contribution in [1.82, 2.24) is 15.5 Å². The first-order valence-corrected chi connectivity index (χ1v) is 9.11. The lowest BCUT2D eigenvalue weighted by atomic mass is 10.1. The van der Waals surface area contributed by atoms with E-state index in [0.717, 1.165) is 29.4 Å². The Hall–Kier alpha value is -2.60. The number of para-hydroxylation sites is 1. The molecule has 0 saturated heterocycles. The van der Waals surface area contributed by atoms with Crippen molar-refractivity contribution >= 4 is 5.96 Å². The summed E-state index contributed by atoms with van der Waals surface area (Å²) in [5.74, 6) is 1.34. The highest BCUT2D eigenvalue weighted by atomic mass is 19.1. The monoisotopic (exact) mass is 372 g/mol. The third-order valence-corrected chi connectivity index (χ3v) is 4.29. The zero-order valence-electron chi connectivity index (χ0n) is 16.5. The van der Waals surface area contributed by atoms with Gasteiger partial charge in [0.05, 0.1) is 19.7 Å². The van der Waals surface area contributed by atoms with Crippen molar-refractivity contribution in [3.05, 3.63) is 65.5 Å². The summed E-state index contributed by atoms with van der Waals surface area (Å²) in [5, 5.41) is 6.65. The van der Waals surface area contributed by atoms with Crippen molar-refractivity contribution < 1.29 is 9.13 Å². The fourth-order valence-corrected chi connectivity index (χ4v) is 2.82. The van der Waals surface area contributed by atoms with Crippen molar-refractivity contribution in [1.29, 1.82) is 0 Å². The lowest BCUT2D eigenvalue weighted by molar-refractivity contribution is 0.298. The molecule has 1 atom stereocenters. The van der Waals surface area contributed by atoms with Gasteiger partial charge in [0, 0.05) is 18.7 Å². The molecule has 0 bridgehead atoms. The van der Waals surface area contributed by atoms with Crippen molar-refractivity contribution in [2.75, 3.05) is 34.3 Å². The number of aliphatic imine (C=N–C) groups is 1. The fourth-order valence-electron chi connectivity index (χ4n) is 2.82. The van der Waals surface area contributed by atoms with Gasteiger partial charge in [0.2, 0.25) is 0 Å². The van der Waals surface area contributed by atoms with E-state index >= 15 is 0 Å². The van der Waals surface area contributed by atoms with Crippen LogP contribution < -0.4 is 15.4 Å². The molecule has 0 aliphatic rings. The molecule has 2 aromatic rings. The summed E-state index contributed by atoms with van der Waals surface area (Å²) in [6.07, 6.45) is 0. The topological polar surface area (TPSA) is 48.9 Å². The van der Waals surface area contributed by atoms with Gasteiger partial charge in [0.25, 0.3) is 0 Å². The molecule has 5 nitrogen and oxygen atoms in total. The van der Waals surface area contributed by atoms with Gasteiger partial charge >= 0.3 is 0 Å². The Bertz CT molecular complexity index is 731. The SMILES string of the molecule is CCNC(=NCc1ccccc1OC)NCC(c1ccc(F)cc1)N(C)C. The van der Waals surface area contributed by atoms with E-state index in [9.17, 15) is 4.39 Å². The van der Waals surface area contributed by atoms with E-state index in [1.165, 1.54) is 12.1 Å². The predicted octanol–water partition coefficient (Wildman–Crippen LogP) is 3.19. The smallest absolute Gasteiger partial charge is 0.191 e. The summed E-state index contributed by atoms with van der Waals surface area (Å²) >= 11 is 0. The summed E-state index contributed by atoms with van der Waals surface area (Å²) in [5.41, 5.74) is 2.08. The van der Waals surface area contributed by atoms with E-state index < -0.39 is 0 Å². The van der Waals surface area contributed by atoms with E-state index in [0.29, 0.717) is 13.1 Å². The van der Waals surface area contributed by atoms with Gasteiger partial charge in [-0.3, -0.25) is 0 Å². The minimum absolute atomic E-state index is 0.0979. The van der Waals surface area contributed by atoms with Gasteiger partial charge in [-0.25, -0.2) is 9.38 Å². The number of hydrogen-bond donors (Lipinski definition) is 2. The number of hydrogen-bond acceptors (Lipinski definition) is 3. The molecule has 0 fully saturated rings. The summed E-state index contributed by atoms with van der Waals surface area (Å²) in [6.45, 7) is 3.96. The van der Waals surface area contributed by atoms with Crippen LogP contribution in [0.15, 0.2) is 53.5 Å². The average molecular weight is 372 g/mol. The van der Waals surface area contributed by atoms with Gasteiger partial charge in [-0.05, 0) is 44.8 Å². The molecule has 6 heteroatoms. The van der Waals surface area contributed by atoms with Crippen molar-refractivity contribution in [2.24, 2.45) is 4.99 Å². The first kappa shape index (κ1) is 20.7. The van der Waals surface area contributed by atoms with E-state index in [-0.39, 0.29) is 11.9 Å². The molecule has 27 heavy (non-hydrogen) atoms. The highest BCUT2D eigenvalue weighted by Gasteiger charge is 2.15. The summed E-state index contributed by atoms with van der Waals surface area (Å²) in [7, 11) is 5.68. The molecule has 1 unspecified atom stereocenters. The van der Waals surface area contributed by atoms with Crippen LogP contribution in [0.1, 0.15) is 24.1 Å². The molecule has 2 rings (SSSR count). The first-order valence-electron chi connectivity index (χ1n) is 9.11. The second-order valence-electron chi connectivity index (χ2n) is 6.42. The Morgan fingerprint density at radius 1 is 1.11 bits per heavy atom. The van der Waals surface area contributed by atoms with Crippen LogP contribution in [0.3, 0.4) is 0 Å².